The lowest BCUT2D eigenvalue weighted by molar-refractivity contribution is 0.484. The number of nitrogens with one attached hydrogen (secondary N) is 2. The van der Waals surface area contributed by atoms with Crippen molar-refractivity contribution in [2.24, 2.45) is 0 Å². The summed E-state index contributed by atoms with van der Waals surface area (Å²) in [7, 11) is -4.62. The van der Waals surface area contributed by atoms with Gasteiger partial charge in [0.2, 0.25) is 0 Å². The van der Waals surface area contributed by atoms with Crippen molar-refractivity contribution < 1.29 is 13.0 Å². The molecule has 2 aliphatic rings. The van der Waals surface area contributed by atoms with Crippen molar-refractivity contribution in [3.8, 4) is 45.6 Å². The van der Waals surface area contributed by atoms with Crippen LogP contribution in [-0.2, 0) is 10.1 Å². The van der Waals surface area contributed by atoms with Gasteiger partial charge >= 0.3 is 0 Å². The highest BCUT2D eigenvalue weighted by Crippen LogP contribution is 2.37. The van der Waals surface area contributed by atoms with Crippen LogP contribution in [0.5, 0.6) is 0 Å². The lowest BCUT2D eigenvalue weighted by Gasteiger charge is -1.99. The van der Waals surface area contributed by atoms with E-state index in [0.717, 1.165) is 33.0 Å². The molecule has 0 fully saturated rings. The Bertz CT molecular complexity index is 2660. The molecular formula is C32H21AlN8O3S. The molecule has 0 spiro atoms. The zero-order valence-electron chi connectivity index (χ0n) is 22.5. The Morgan fingerprint density at radius 2 is 0.844 bits per heavy atom. The number of nitrogens with zero attached hydrogens (tertiary/aromatic N) is 6. The Kier molecular flexibility index (Phi) is 5.96. The third-order valence-corrected chi connectivity index (χ3v) is 8.72. The van der Waals surface area contributed by atoms with Gasteiger partial charge < -0.3 is 9.97 Å². The number of aromatic nitrogens is 8. The molecule has 9 rings (SSSR count). The highest BCUT2D eigenvalue weighted by atomic mass is 32.2. The molecule has 216 valence electrons. The fourth-order valence-corrected chi connectivity index (χ4v) is 6.59. The van der Waals surface area contributed by atoms with Gasteiger partial charge in [0, 0.05) is 43.8 Å². The zero-order valence-corrected chi connectivity index (χ0v) is 23.3. The van der Waals surface area contributed by atoms with Crippen LogP contribution in [-0.4, -0.2) is 70.2 Å². The van der Waals surface area contributed by atoms with Crippen LogP contribution >= 0.6 is 0 Å². The minimum Gasteiger partial charge on any atom is -0.324 e. The maximum absolute atomic E-state index is 12.5. The number of aromatic amines is 2. The molecule has 0 saturated carbocycles. The quantitative estimate of drug-likeness (QED) is 0.170. The number of fused-ring (bicyclic) bond motifs is 20. The first kappa shape index (κ1) is 27.2. The minimum atomic E-state index is -4.62. The van der Waals surface area contributed by atoms with Crippen LogP contribution in [0.15, 0.2) is 95.9 Å². The Hall–Kier alpha value is -5.32. The third-order valence-electron chi connectivity index (χ3n) is 7.82. The first-order valence-corrected chi connectivity index (χ1v) is 15.1. The Balaban J connectivity index is 0.00000300. The maximum Gasteiger partial charge on any atom is 0.295 e. The van der Waals surface area contributed by atoms with Crippen LogP contribution < -0.4 is 0 Å². The second kappa shape index (κ2) is 9.85. The molecule has 11 nitrogen and oxygen atoms in total. The first-order chi connectivity index (χ1) is 21.4. The SMILES string of the molecule is O=S(=O)(O)c1cccc2c3nc4nc(nc5[nH]c(nc6nc(nc([nH]3)c12)-c1ccccc1-6)c1ccccc51)-c1ccccc1-4.[AlH3]. The van der Waals surface area contributed by atoms with Crippen molar-refractivity contribution in [2.75, 3.05) is 0 Å². The van der Waals surface area contributed by atoms with E-state index in [1.165, 1.54) is 6.07 Å². The van der Waals surface area contributed by atoms with E-state index < -0.39 is 10.1 Å². The molecule has 5 heterocycles. The van der Waals surface area contributed by atoms with Crippen molar-refractivity contribution in [1.82, 2.24) is 39.9 Å². The van der Waals surface area contributed by atoms with Crippen molar-refractivity contribution in [2.45, 2.75) is 4.90 Å². The normalized spacial score (nSPS) is 12.1. The van der Waals surface area contributed by atoms with E-state index in [2.05, 4.69) is 9.97 Å². The number of hydrogen-bond donors (Lipinski definition) is 3. The highest BCUT2D eigenvalue weighted by Gasteiger charge is 2.24. The molecule has 0 unspecified atom stereocenters. The van der Waals surface area contributed by atoms with Crippen LogP contribution in [0.25, 0.3) is 89.7 Å². The largest absolute Gasteiger partial charge is 0.324 e. The Labute approximate surface area is 265 Å². The standard InChI is InChI=1S/C32H18N8O3S.Al.3H/c41-44(42,43)23-15-7-14-22-24(23)32-39-30-21-13-6-5-12-20(21)28(37-30)35-26-17-9-2-1-8-16(17)25(33-26)34-27-18-10-3-4-11-19(18)29(36-27)38-31(22)40-32;;;;/h1-15H,(H,41,42,43)(H2,33,34,35,36,37,38,39,40);;;;. The average molecular weight is 625 g/mol. The molecule has 0 saturated heterocycles. The minimum absolute atomic E-state index is 0. The van der Waals surface area contributed by atoms with Crippen molar-refractivity contribution in [1.29, 1.82) is 0 Å². The van der Waals surface area contributed by atoms with E-state index in [1.54, 1.807) is 12.1 Å². The van der Waals surface area contributed by atoms with Crippen molar-refractivity contribution in [3.63, 3.8) is 0 Å². The van der Waals surface area contributed by atoms with Crippen molar-refractivity contribution >= 4 is 71.6 Å². The summed E-state index contributed by atoms with van der Waals surface area (Å²) in [5.74, 6) is 1.60. The number of benzene rings is 4. The summed E-state index contributed by atoms with van der Waals surface area (Å²) in [6.07, 6.45) is 0. The van der Waals surface area contributed by atoms with Gasteiger partial charge in [-0.3, -0.25) is 4.55 Å². The molecule has 0 atom stereocenters. The van der Waals surface area contributed by atoms with E-state index >= 15 is 0 Å². The molecular weight excluding hydrogens is 603 g/mol. The van der Waals surface area contributed by atoms with E-state index in [1.807, 2.05) is 72.8 Å². The summed E-state index contributed by atoms with van der Waals surface area (Å²) in [5, 5.41) is 2.36. The van der Waals surface area contributed by atoms with Gasteiger partial charge in [0.25, 0.3) is 10.1 Å². The summed E-state index contributed by atoms with van der Waals surface area (Å²) < 4.78 is 35.2. The van der Waals surface area contributed by atoms with Gasteiger partial charge in [-0.15, -0.1) is 0 Å². The molecule has 8 bridgehead atoms. The second-order valence-electron chi connectivity index (χ2n) is 10.4. The Morgan fingerprint density at radius 1 is 0.467 bits per heavy atom. The monoisotopic (exact) mass is 624 g/mol. The number of rotatable bonds is 1. The van der Waals surface area contributed by atoms with Gasteiger partial charge in [0.1, 0.15) is 27.5 Å². The molecule has 2 aliphatic heterocycles. The lowest BCUT2D eigenvalue weighted by Crippen LogP contribution is -1.98. The van der Waals surface area contributed by atoms with Crippen LogP contribution in [0.4, 0.5) is 0 Å². The third kappa shape index (κ3) is 4.17. The Morgan fingerprint density at radius 3 is 1.31 bits per heavy atom. The molecule has 3 aromatic heterocycles. The molecule has 13 heteroatoms. The summed E-state index contributed by atoms with van der Waals surface area (Å²) in [5.41, 5.74) is 4.68. The van der Waals surface area contributed by atoms with Crippen molar-refractivity contribution in [3.05, 3.63) is 91.0 Å². The van der Waals surface area contributed by atoms with E-state index in [9.17, 15) is 13.0 Å². The molecule has 0 amide bonds. The molecule has 4 aromatic carbocycles. The van der Waals surface area contributed by atoms with Gasteiger partial charge in [-0.25, -0.2) is 29.9 Å². The first-order valence-electron chi connectivity index (χ1n) is 13.6. The topological polar surface area (TPSA) is 163 Å². The second-order valence-corrected chi connectivity index (χ2v) is 11.8. The average Bonchev–Trinajstić information content (AvgIpc) is 3.76. The van der Waals surface area contributed by atoms with Crippen LogP contribution in [0.1, 0.15) is 0 Å². The molecule has 0 radical (unpaired) electrons. The van der Waals surface area contributed by atoms with E-state index in [-0.39, 0.29) is 33.3 Å². The predicted molar refractivity (Wildman–Crippen MR) is 176 cm³/mol. The summed E-state index contributed by atoms with van der Waals surface area (Å²) >= 11 is 0. The van der Waals surface area contributed by atoms with Gasteiger partial charge in [-0.1, -0.05) is 84.9 Å². The van der Waals surface area contributed by atoms with E-state index in [4.69, 9.17) is 29.9 Å². The van der Waals surface area contributed by atoms with Gasteiger partial charge in [-0.05, 0) is 6.07 Å². The lowest BCUT2D eigenvalue weighted by atomic mass is 10.1. The number of hydrogen-bond acceptors (Lipinski definition) is 8. The predicted octanol–water partition coefficient (Wildman–Crippen LogP) is 4.93. The zero-order chi connectivity index (χ0) is 29.6. The van der Waals surface area contributed by atoms with E-state index in [0.29, 0.717) is 45.6 Å². The summed E-state index contributed by atoms with van der Waals surface area (Å²) in [4.78, 5) is 35.4. The van der Waals surface area contributed by atoms with Crippen LogP contribution in [0.2, 0.25) is 0 Å². The molecule has 45 heavy (non-hydrogen) atoms. The van der Waals surface area contributed by atoms with Gasteiger partial charge in [0.05, 0.1) is 0 Å². The maximum atomic E-state index is 12.5. The smallest absolute Gasteiger partial charge is 0.295 e. The molecule has 7 aromatic rings. The van der Waals surface area contributed by atoms with Gasteiger partial charge in [-0.2, -0.15) is 8.42 Å². The summed E-state index contributed by atoms with van der Waals surface area (Å²) in [6.45, 7) is 0. The van der Waals surface area contributed by atoms with Crippen LogP contribution in [0, 0.1) is 0 Å². The van der Waals surface area contributed by atoms with Gasteiger partial charge in [0.15, 0.2) is 40.7 Å². The fraction of sp³-hybridized carbons (Fsp3) is 0. The number of H-pyrrole nitrogens is 2. The summed E-state index contributed by atoms with van der Waals surface area (Å²) in [6, 6.07) is 27.6. The highest BCUT2D eigenvalue weighted by molar-refractivity contribution is 7.86. The fourth-order valence-electron chi connectivity index (χ4n) is 5.87. The molecule has 3 N–H and O–H groups in total. The molecule has 0 aliphatic carbocycles. The van der Waals surface area contributed by atoms with Crippen LogP contribution in [0.3, 0.4) is 0 Å².